The third kappa shape index (κ3) is 5.94. The van der Waals surface area contributed by atoms with Crippen LogP contribution in [-0.4, -0.2) is 27.0 Å². The Morgan fingerprint density at radius 1 is 1.04 bits per heavy atom. The van der Waals surface area contributed by atoms with E-state index in [1.807, 2.05) is 61.5 Å². The number of nitrogens with one attached hydrogen (secondary N) is 1. The molecule has 1 atom stereocenters. The van der Waals surface area contributed by atoms with E-state index in [1.165, 1.54) is 6.26 Å². The van der Waals surface area contributed by atoms with Gasteiger partial charge in [-0.3, -0.25) is 0 Å². The molecule has 0 unspecified atom stereocenters. The molecule has 23 heavy (non-hydrogen) atoms. The van der Waals surface area contributed by atoms with Gasteiger partial charge < -0.3 is 10.1 Å². The van der Waals surface area contributed by atoms with Crippen molar-refractivity contribution < 1.29 is 13.2 Å². The highest BCUT2D eigenvalue weighted by Gasteiger charge is 2.10. The van der Waals surface area contributed by atoms with Gasteiger partial charge in [-0.05, 0) is 31.0 Å². The Morgan fingerprint density at radius 2 is 1.70 bits per heavy atom. The first-order chi connectivity index (χ1) is 11.0. The van der Waals surface area contributed by atoms with Gasteiger partial charge in [-0.2, -0.15) is 0 Å². The van der Waals surface area contributed by atoms with Crippen molar-refractivity contribution in [3.63, 3.8) is 0 Å². The molecule has 0 aromatic heterocycles. The average Bonchev–Trinajstić information content (AvgIpc) is 2.53. The zero-order valence-corrected chi connectivity index (χ0v) is 14.3. The average molecular weight is 333 g/mol. The van der Waals surface area contributed by atoms with E-state index in [2.05, 4.69) is 5.32 Å². The fourth-order valence-electron chi connectivity index (χ4n) is 2.26. The number of sulfone groups is 1. The molecule has 0 spiro atoms. The monoisotopic (exact) mass is 333 g/mol. The Bertz CT molecular complexity index is 714. The van der Waals surface area contributed by atoms with E-state index >= 15 is 0 Å². The molecule has 2 aromatic rings. The second-order valence-electron chi connectivity index (χ2n) is 5.58. The van der Waals surface area contributed by atoms with Gasteiger partial charge in [0.25, 0.3) is 0 Å². The zero-order chi connectivity index (χ0) is 16.7. The molecule has 0 saturated carbocycles. The molecule has 4 nitrogen and oxygen atoms in total. The van der Waals surface area contributed by atoms with Gasteiger partial charge in [0.05, 0.1) is 11.4 Å². The standard InChI is InChI=1S/C18H23NO3S/c1-15(16-9-4-3-5-10-16)22-18-12-7-6-11-17(18)19-13-8-14-23(2,20)21/h3-7,9-12,15,19H,8,13-14H2,1-2H3/t15-/m1/s1. The molecule has 0 fully saturated rings. The Hall–Kier alpha value is -2.01. The third-order valence-electron chi connectivity index (χ3n) is 3.47. The van der Waals surface area contributed by atoms with E-state index in [0.717, 1.165) is 17.0 Å². The summed E-state index contributed by atoms with van der Waals surface area (Å²) in [5.74, 6) is 0.951. The smallest absolute Gasteiger partial charge is 0.147 e. The molecule has 0 aliphatic carbocycles. The molecule has 0 bridgehead atoms. The number of ether oxygens (including phenoxy) is 1. The Balaban J connectivity index is 1.97. The van der Waals surface area contributed by atoms with Gasteiger partial charge in [0.2, 0.25) is 0 Å². The normalized spacial score (nSPS) is 12.6. The second kappa shape index (κ2) is 8.02. The quantitative estimate of drug-likeness (QED) is 0.749. The topological polar surface area (TPSA) is 55.4 Å². The van der Waals surface area contributed by atoms with Crippen molar-refractivity contribution in [2.75, 3.05) is 23.9 Å². The van der Waals surface area contributed by atoms with Crippen LogP contribution in [0.1, 0.15) is 25.0 Å². The van der Waals surface area contributed by atoms with Crippen molar-refractivity contribution in [2.45, 2.75) is 19.4 Å². The Labute approximate surface area is 138 Å². The van der Waals surface area contributed by atoms with Crippen LogP contribution in [0.3, 0.4) is 0 Å². The second-order valence-corrected chi connectivity index (χ2v) is 7.84. The van der Waals surface area contributed by atoms with E-state index < -0.39 is 9.84 Å². The summed E-state index contributed by atoms with van der Waals surface area (Å²) in [4.78, 5) is 0. The predicted molar refractivity (Wildman–Crippen MR) is 94.7 cm³/mol. The number of anilines is 1. The van der Waals surface area contributed by atoms with Crippen molar-refractivity contribution in [3.05, 3.63) is 60.2 Å². The lowest BCUT2D eigenvalue weighted by atomic mass is 10.1. The third-order valence-corrected chi connectivity index (χ3v) is 4.50. The lowest BCUT2D eigenvalue weighted by Gasteiger charge is -2.18. The van der Waals surface area contributed by atoms with E-state index in [1.54, 1.807) is 0 Å². The molecule has 5 heteroatoms. The van der Waals surface area contributed by atoms with E-state index in [-0.39, 0.29) is 11.9 Å². The molecule has 0 radical (unpaired) electrons. The SMILES string of the molecule is C[C@@H](Oc1ccccc1NCCCS(C)(=O)=O)c1ccccc1. The van der Waals surface area contributed by atoms with Crippen molar-refractivity contribution >= 4 is 15.5 Å². The van der Waals surface area contributed by atoms with Crippen LogP contribution < -0.4 is 10.1 Å². The lowest BCUT2D eigenvalue weighted by Crippen LogP contribution is -2.11. The molecule has 0 aliphatic rings. The van der Waals surface area contributed by atoms with Gasteiger partial charge in [0.15, 0.2) is 0 Å². The van der Waals surface area contributed by atoms with E-state index in [9.17, 15) is 8.42 Å². The minimum Gasteiger partial charge on any atom is -0.484 e. The van der Waals surface area contributed by atoms with Crippen molar-refractivity contribution in [2.24, 2.45) is 0 Å². The van der Waals surface area contributed by atoms with Gasteiger partial charge in [0.1, 0.15) is 21.7 Å². The van der Waals surface area contributed by atoms with Crippen molar-refractivity contribution in [3.8, 4) is 5.75 Å². The minimum atomic E-state index is -2.91. The van der Waals surface area contributed by atoms with Crippen LogP contribution in [0.5, 0.6) is 5.75 Å². The molecule has 0 heterocycles. The molecule has 0 aliphatic heterocycles. The first kappa shape index (κ1) is 17.3. The summed E-state index contributed by atoms with van der Waals surface area (Å²) in [6, 6.07) is 17.7. The number of hydrogen-bond donors (Lipinski definition) is 1. The highest BCUT2D eigenvalue weighted by molar-refractivity contribution is 7.90. The van der Waals surface area contributed by atoms with Crippen LogP contribution >= 0.6 is 0 Å². The summed E-state index contributed by atoms with van der Waals surface area (Å²) < 4.78 is 28.4. The summed E-state index contributed by atoms with van der Waals surface area (Å²) in [6.45, 7) is 2.60. The van der Waals surface area contributed by atoms with Crippen LogP contribution in [0.4, 0.5) is 5.69 Å². The van der Waals surface area contributed by atoms with E-state index in [0.29, 0.717) is 13.0 Å². The lowest BCUT2D eigenvalue weighted by molar-refractivity contribution is 0.228. The van der Waals surface area contributed by atoms with Crippen LogP contribution in [0.15, 0.2) is 54.6 Å². The molecule has 2 aromatic carbocycles. The molecule has 124 valence electrons. The maximum Gasteiger partial charge on any atom is 0.147 e. The summed E-state index contributed by atoms with van der Waals surface area (Å²) in [6.07, 6.45) is 1.77. The molecule has 0 saturated heterocycles. The van der Waals surface area contributed by atoms with Crippen molar-refractivity contribution in [1.29, 1.82) is 0 Å². The molecule has 0 amide bonds. The molecule has 2 rings (SSSR count). The van der Waals surface area contributed by atoms with Gasteiger partial charge >= 0.3 is 0 Å². The van der Waals surface area contributed by atoms with Crippen LogP contribution in [0.25, 0.3) is 0 Å². The van der Waals surface area contributed by atoms with Crippen molar-refractivity contribution in [1.82, 2.24) is 0 Å². The number of para-hydroxylation sites is 2. The molecular weight excluding hydrogens is 310 g/mol. The first-order valence-corrected chi connectivity index (χ1v) is 9.74. The molecular formula is C18H23NO3S. The largest absolute Gasteiger partial charge is 0.484 e. The summed E-state index contributed by atoms with van der Waals surface area (Å²) in [7, 11) is -2.91. The number of benzene rings is 2. The highest BCUT2D eigenvalue weighted by Crippen LogP contribution is 2.28. The van der Waals surface area contributed by atoms with Gasteiger partial charge in [0, 0.05) is 12.8 Å². The number of rotatable bonds is 8. The summed E-state index contributed by atoms with van der Waals surface area (Å²) in [5.41, 5.74) is 1.99. The zero-order valence-electron chi connectivity index (χ0n) is 13.5. The fraction of sp³-hybridized carbons (Fsp3) is 0.333. The van der Waals surface area contributed by atoms with Gasteiger partial charge in [-0.15, -0.1) is 0 Å². The number of hydrogen-bond acceptors (Lipinski definition) is 4. The molecule has 1 N–H and O–H groups in total. The fourth-order valence-corrected chi connectivity index (χ4v) is 2.92. The van der Waals surface area contributed by atoms with Crippen LogP contribution in [-0.2, 0) is 9.84 Å². The predicted octanol–water partition coefficient (Wildman–Crippen LogP) is 3.67. The highest BCUT2D eigenvalue weighted by atomic mass is 32.2. The van der Waals surface area contributed by atoms with Gasteiger partial charge in [-0.25, -0.2) is 8.42 Å². The van der Waals surface area contributed by atoms with Crippen LogP contribution in [0, 0.1) is 0 Å². The maximum atomic E-state index is 11.2. The van der Waals surface area contributed by atoms with E-state index in [4.69, 9.17) is 4.74 Å². The Kier molecular flexibility index (Phi) is 6.04. The van der Waals surface area contributed by atoms with Crippen LogP contribution in [0.2, 0.25) is 0 Å². The minimum absolute atomic E-state index is 0.0600. The Morgan fingerprint density at radius 3 is 2.39 bits per heavy atom. The maximum absolute atomic E-state index is 11.2. The summed E-state index contributed by atoms with van der Waals surface area (Å²) in [5, 5.41) is 3.25. The first-order valence-electron chi connectivity index (χ1n) is 7.68. The summed E-state index contributed by atoms with van der Waals surface area (Å²) >= 11 is 0. The van der Waals surface area contributed by atoms with Gasteiger partial charge in [-0.1, -0.05) is 42.5 Å².